The van der Waals surface area contributed by atoms with Crippen LogP contribution in [0, 0.1) is 13.1 Å². The molecule has 0 spiro atoms. The molecule has 3 nitrogen and oxygen atoms in total. The molecular formula is C5H5NO2. The Morgan fingerprint density at radius 3 is 1.75 bits per heavy atom. The molecule has 0 saturated carbocycles. The SMILES string of the molecule is CN1[CH]C(=O)C(=O)[CH]1. The Hall–Kier alpha value is -0.700. The molecule has 1 saturated heterocycles. The topological polar surface area (TPSA) is 37.4 Å². The average Bonchev–Trinajstić information content (AvgIpc) is 1.85. The van der Waals surface area contributed by atoms with Crippen LogP contribution in [0.5, 0.6) is 0 Å². The highest BCUT2D eigenvalue weighted by atomic mass is 16.2. The second-order valence-electron chi connectivity index (χ2n) is 1.65. The van der Waals surface area contributed by atoms with Gasteiger partial charge in [-0.25, -0.2) is 0 Å². The van der Waals surface area contributed by atoms with Gasteiger partial charge in [0.25, 0.3) is 0 Å². The van der Waals surface area contributed by atoms with Gasteiger partial charge >= 0.3 is 0 Å². The molecule has 0 aromatic rings. The molecule has 0 unspecified atom stereocenters. The third kappa shape index (κ3) is 0.767. The minimum absolute atomic E-state index is 0.437. The van der Waals surface area contributed by atoms with Crippen LogP contribution < -0.4 is 0 Å². The van der Waals surface area contributed by atoms with Crippen molar-refractivity contribution in [1.29, 1.82) is 0 Å². The van der Waals surface area contributed by atoms with Crippen LogP contribution in [0.1, 0.15) is 0 Å². The van der Waals surface area contributed by atoms with Crippen LogP contribution in [-0.2, 0) is 9.59 Å². The van der Waals surface area contributed by atoms with Crippen molar-refractivity contribution >= 4 is 11.6 Å². The molecule has 0 amide bonds. The van der Waals surface area contributed by atoms with Crippen molar-refractivity contribution in [2.75, 3.05) is 7.05 Å². The van der Waals surface area contributed by atoms with Gasteiger partial charge in [0, 0.05) is 0 Å². The van der Waals surface area contributed by atoms with Gasteiger partial charge in [-0.15, -0.1) is 0 Å². The maximum atomic E-state index is 10.3. The van der Waals surface area contributed by atoms with Crippen LogP contribution in [-0.4, -0.2) is 23.5 Å². The van der Waals surface area contributed by atoms with Crippen molar-refractivity contribution in [3.05, 3.63) is 13.1 Å². The van der Waals surface area contributed by atoms with E-state index in [4.69, 9.17) is 0 Å². The number of likely N-dealkylation sites (N-methyl/N-ethyl adjacent to an activating group) is 1. The lowest BCUT2D eigenvalue weighted by Crippen LogP contribution is -2.03. The summed E-state index contributed by atoms with van der Waals surface area (Å²) in [5, 5.41) is 0. The molecule has 0 aromatic carbocycles. The third-order valence-electron chi connectivity index (χ3n) is 0.885. The van der Waals surface area contributed by atoms with E-state index in [9.17, 15) is 9.59 Å². The number of likely N-dealkylation sites (tertiary alicyclic amines) is 1. The fourth-order valence-electron chi connectivity index (χ4n) is 0.534. The maximum absolute atomic E-state index is 10.3. The van der Waals surface area contributed by atoms with Crippen LogP contribution in [0.25, 0.3) is 0 Å². The summed E-state index contributed by atoms with van der Waals surface area (Å²) < 4.78 is 0. The lowest BCUT2D eigenvalue weighted by atomic mass is 10.3. The van der Waals surface area contributed by atoms with Gasteiger partial charge in [-0.1, -0.05) is 0 Å². The van der Waals surface area contributed by atoms with E-state index in [1.807, 2.05) is 0 Å². The monoisotopic (exact) mass is 111 g/mol. The predicted molar refractivity (Wildman–Crippen MR) is 26.4 cm³/mol. The molecule has 1 heterocycles. The quantitative estimate of drug-likeness (QED) is 0.391. The highest BCUT2D eigenvalue weighted by Crippen LogP contribution is 2.05. The molecular weight excluding hydrogens is 106 g/mol. The van der Waals surface area contributed by atoms with E-state index < -0.39 is 11.6 Å². The van der Waals surface area contributed by atoms with Crippen LogP contribution >= 0.6 is 0 Å². The Bertz CT molecular complexity index is 125. The number of rotatable bonds is 0. The zero-order valence-corrected chi connectivity index (χ0v) is 4.42. The number of Topliss-reactive ketones (excluding diaryl/α,β-unsaturated/α-hetero) is 2. The van der Waals surface area contributed by atoms with Crippen molar-refractivity contribution in [2.24, 2.45) is 0 Å². The zero-order chi connectivity index (χ0) is 6.15. The summed E-state index contributed by atoms with van der Waals surface area (Å²) in [4.78, 5) is 22.1. The van der Waals surface area contributed by atoms with Gasteiger partial charge in [-0.05, 0) is 7.05 Å². The Morgan fingerprint density at radius 1 is 1.25 bits per heavy atom. The van der Waals surface area contributed by atoms with Gasteiger partial charge < -0.3 is 0 Å². The first-order valence-corrected chi connectivity index (χ1v) is 2.20. The standard InChI is InChI=1S/C5H5NO2/c1-6-2-4(7)5(8)3-6/h2-3H,1H3. The van der Waals surface area contributed by atoms with E-state index in [2.05, 4.69) is 0 Å². The number of hydrogen-bond donors (Lipinski definition) is 0. The van der Waals surface area contributed by atoms with Crippen LogP contribution in [0.2, 0.25) is 0 Å². The first kappa shape index (κ1) is 5.44. The molecule has 0 atom stereocenters. The van der Waals surface area contributed by atoms with Gasteiger partial charge in [0.2, 0.25) is 11.6 Å². The minimum atomic E-state index is -0.438. The predicted octanol–water partition coefficient (Wildman–Crippen LogP) is -0.606. The second-order valence-corrected chi connectivity index (χ2v) is 1.65. The van der Waals surface area contributed by atoms with E-state index in [1.54, 1.807) is 7.05 Å². The minimum Gasteiger partial charge on any atom is -0.289 e. The first-order valence-electron chi connectivity index (χ1n) is 2.20. The Labute approximate surface area is 47.3 Å². The van der Waals surface area contributed by atoms with Crippen molar-refractivity contribution in [3.63, 3.8) is 0 Å². The molecule has 1 aliphatic heterocycles. The van der Waals surface area contributed by atoms with Crippen LogP contribution in [0.4, 0.5) is 0 Å². The molecule has 1 fully saturated rings. The number of hydrogen-bond acceptors (Lipinski definition) is 3. The summed E-state index contributed by atoms with van der Waals surface area (Å²) in [6, 6.07) is 0. The van der Waals surface area contributed by atoms with Gasteiger partial charge in [0.15, 0.2) is 0 Å². The van der Waals surface area contributed by atoms with Crippen LogP contribution in [0.15, 0.2) is 0 Å². The number of carbonyl (C=O) groups is 2. The normalized spacial score (nSPS) is 22.6. The Kier molecular flexibility index (Phi) is 1.13. The van der Waals surface area contributed by atoms with Gasteiger partial charge in [-0.2, -0.15) is 0 Å². The third-order valence-corrected chi connectivity index (χ3v) is 0.885. The highest BCUT2D eigenvalue weighted by Gasteiger charge is 2.26. The van der Waals surface area contributed by atoms with E-state index in [0.29, 0.717) is 0 Å². The van der Waals surface area contributed by atoms with Crippen molar-refractivity contribution < 1.29 is 9.59 Å². The molecule has 0 aromatic heterocycles. The molecule has 0 N–H and O–H groups in total. The van der Waals surface area contributed by atoms with Gasteiger partial charge in [-0.3, -0.25) is 14.5 Å². The highest BCUT2D eigenvalue weighted by molar-refractivity contribution is 6.45. The Balaban J connectivity index is 2.64. The van der Waals surface area contributed by atoms with Crippen LogP contribution in [0.3, 0.4) is 0 Å². The lowest BCUT2D eigenvalue weighted by molar-refractivity contribution is -0.131. The molecule has 0 bridgehead atoms. The van der Waals surface area contributed by atoms with Crippen molar-refractivity contribution in [2.45, 2.75) is 0 Å². The molecule has 0 aliphatic carbocycles. The smallest absolute Gasteiger partial charge is 0.219 e. The first-order chi connectivity index (χ1) is 3.70. The van der Waals surface area contributed by atoms with Crippen molar-refractivity contribution in [1.82, 2.24) is 4.90 Å². The largest absolute Gasteiger partial charge is 0.289 e. The van der Waals surface area contributed by atoms with Crippen molar-refractivity contribution in [3.8, 4) is 0 Å². The lowest BCUT2D eigenvalue weighted by Gasteiger charge is -1.96. The molecule has 1 rings (SSSR count). The van der Waals surface area contributed by atoms with Gasteiger partial charge in [0.1, 0.15) is 13.1 Å². The summed E-state index contributed by atoms with van der Waals surface area (Å²) in [5.41, 5.74) is 0. The molecule has 1 aliphatic rings. The molecule has 8 heavy (non-hydrogen) atoms. The average molecular weight is 111 g/mol. The summed E-state index contributed by atoms with van der Waals surface area (Å²) >= 11 is 0. The maximum Gasteiger partial charge on any atom is 0.219 e. The summed E-state index contributed by atoms with van der Waals surface area (Å²) in [6.07, 6.45) is 0. The van der Waals surface area contributed by atoms with E-state index >= 15 is 0 Å². The van der Waals surface area contributed by atoms with E-state index in [0.717, 1.165) is 0 Å². The fraction of sp³-hybridized carbons (Fsp3) is 0.200. The molecule has 42 valence electrons. The summed E-state index contributed by atoms with van der Waals surface area (Å²) in [6.45, 7) is 2.50. The van der Waals surface area contributed by atoms with Gasteiger partial charge in [0.05, 0.1) is 0 Å². The summed E-state index contributed by atoms with van der Waals surface area (Å²) in [5.74, 6) is -0.875. The number of carbonyl (C=O) groups excluding carboxylic acids is 2. The van der Waals surface area contributed by atoms with E-state index in [-0.39, 0.29) is 0 Å². The molecule has 3 heteroatoms. The summed E-state index contributed by atoms with van der Waals surface area (Å²) in [7, 11) is 1.64. The molecule has 2 radical (unpaired) electrons. The number of ketones is 2. The Morgan fingerprint density at radius 2 is 1.62 bits per heavy atom. The fourth-order valence-corrected chi connectivity index (χ4v) is 0.534. The second kappa shape index (κ2) is 1.67. The zero-order valence-electron chi connectivity index (χ0n) is 4.42. The van der Waals surface area contributed by atoms with E-state index in [1.165, 1.54) is 18.0 Å². The number of nitrogens with zero attached hydrogens (tertiary/aromatic N) is 1.